The van der Waals surface area contributed by atoms with Gasteiger partial charge in [0.2, 0.25) is 0 Å². The molecule has 1 unspecified atom stereocenters. The minimum absolute atomic E-state index is 0.0531. The van der Waals surface area contributed by atoms with Crippen molar-refractivity contribution in [1.82, 2.24) is 0 Å². The van der Waals surface area contributed by atoms with Crippen molar-refractivity contribution < 1.29 is 27.6 Å². The van der Waals surface area contributed by atoms with E-state index < -0.39 is 24.2 Å². The van der Waals surface area contributed by atoms with Gasteiger partial charge in [-0.05, 0) is 60.1 Å². The Hall–Kier alpha value is -0.745. The Morgan fingerprint density at radius 1 is 1.17 bits per heavy atom. The quantitative estimate of drug-likeness (QED) is 0.607. The first-order chi connectivity index (χ1) is 10.5. The number of alkyl halides is 2. The van der Waals surface area contributed by atoms with Crippen molar-refractivity contribution in [3.05, 3.63) is 23.8 Å². The summed E-state index contributed by atoms with van der Waals surface area (Å²) in [6, 6.07) is 4.65. The molecule has 1 heterocycles. The van der Waals surface area contributed by atoms with E-state index in [9.17, 15) is 8.78 Å². The molecular formula is C15H22BF2O4P. The van der Waals surface area contributed by atoms with E-state index in [0.29, 0.717) is 5.56 Å². The number of rotatable bonds is 5. The topological polar surface area (TPSA) is 36.9 Å². The summed E-state index contributed by atoms with van der Waals surface area (Å²) in [6.07, 6.45) is 0. The van der Waals surface area contributed by atoms with Crippen LogP contribution in [-0.2, 0) is 20.7 Å². The predicted molar refractivity (Wildman–Crippen MR) is 88.2 cm³/mol. The molecule has 0 aliphatic carbocycles. The third-order valence-electron chi connectivity index (χ3n) is 4.18. The summed E-state index contributed by atoms with van der Waals surface area (Å²) in [6.45, 7) is 8.05. The molecule has 1 atom stereocenters. The van der Waals surface area contributed by atoms with Crippen LogP contribution in [0, 0.1) is 0 Å². The van der Waals surface area contributed by atoms with Gasteiger partial charge in [-0.3, -0.25) is 0 Å². The zero-order chi connectivity index (χ0) is 17.5. The first kappa shape index (κ1) is 18.6. The first-order valence-electron chi connectivity index (χ1n) is 7.28. The number of ether oxygens (including phenoxy) is 2. The van der Waals surface area contributed by atoms with Gasteiger partial charge in [0.05, 0.1) is 17.8 Å². The van der Waals surface area contributed by atoms with Crippen molar-refractivity contribution in [1.29, 1.82) is 0 Å². The van der Waals surface area contributed by atoms with Crippen LogP contribution in [0.5, 0.6) is 5.75 Å². The molecule has 0 radical (unpaired) electrons. The average Bonchev–Trinajstić information content (AvgIpc) is 2.56. The van der Waals surface area contributed by atoms with Crippen molar-refractivity contribution in [3.8, 4) is 5.75 Å². The second-order valence-electron chi connectivity index (χ2n) is 6.55. The lowest BCUT2D eigenvalue weighted by Crippen LogP contribution is -2.41. The Balaban J connectivity index is 2.32. The molecule has 23 heavy (non-hydrogen) atoms. The van der Waals surface area contributed by atoms with Gasteiger partial charge in [0.1, 0.15) is 5.75 Å². The molecule has 0 bridgehead atoms. The van der Waals surface area contributed by atoms with E-state index in [2.05, 4.69) is 4.74 Å². The van der Waals surface area contributed by atoms with Gasteiger partial charge in [-0.2, -0.15) is 8.78 Å². The second-order valence-corrected chi connectivity index (χ2v) is 7.22. The normalized spacial score (nSPS) is 19.9. The van der Waals surface area contributed by atoms with E-state index in [1.54, 1.807) is 6.07 Å². The molecule has 0 aromatic heterocycles. The van der Waals surface area contributed by atoms with Crippen molar-refractivity contribution >= 4 is 21.8 Å². The van der Waals surface area contributed by atoms with Crippen LogP contribution in [0.2, 0.25) is 0 Å². The van der Waals surface area contributed by atoms with E-state index in [1.807, 2.05) is 27.7 Å². The number of hydrogen-bond donors (Lipinski definition) is 0. The summed E-state index contributed by atoms with van der Waals surface area (Å²) < 4.78 is 47.7. The lowest BCUT2D eigenvalue weighted by Gasteiger charge is -2.32. The highest BCUT2D eigenvalue weighted by Gasteiger charge is 2.52. The van der Waals surface area contributed by atoms with Gasteiger partial charge in [-0.15, -0.1) is 0 Å². The molecule has 1 aromatic rings. The average molecular weight is 346 g/mol. The molecule has 0 N–H and O–H groups in total. The van der Waals surface area contributed by atoms with E-state index in [4.69, 9.17) is 14.0 Å². The van der Waals surface area contributed by atoms with E-state index in [0.717, 1.165) is 5.46 Å². The summed E-state index contributed by atoms with van der Waals surface area (Å²) in [5, 5.41) is 0. The monoisotopic (exact) mass is 346 g/mol. The molecule has 1 aromatic carbocycles. The Labute approximate surface area is 138 Å². The maximum Gasteiger partial charge on any atom is 0.495 e. The second kappa shape index (κ2) is 6.28. The summed E-state index contributed by atoms with van der Waals surface area (Å²) in [5.74, 6) is -3.27. The minimum atomic E-state index is -3.32. The SMILES string of the molecule is COCc1cc(OC(F)(F)P)ccc1B1OC(C)(C)C(C)(C)O1. The first-order valence-corrected chi connectivity index (χ1v) is 7.86. The van der Waals surface area contributed by atoms with Gasteiger partial charge < -0.3 is 18.8 Å². The highest BCUT2D eigenvalue weighted by molar-refractivity contribution is 7.17. The van der Waals surface area contributed by atoms with Crippen molar-refractivity contribution in [3.63, 3.8) is 0 Å². The van der Waals surface area contributed by atoms with Crippen LogP contribution in [-0.4, -0.2) is 31.3 Å². The zero-order valence-electron chi connectivity index (χ0n) is 14.0. The van der Waals surface area contributed by atoms with Crippen molar-refractivity contribution in [2.45, 2.75) is 51.4 Å². The van der Waals surface area contributed by atoms with Gasteiger partial charge in [-0.1, -0.05) is 6.07 Å². The molecular weight excluding hydrogens is 324 g/mol. The largest absolute Gasteiger partial charge is 0.495 e. The standard InChI is InChI=1S/C15H22BF2O4P/c1-13(2)14(3,4)22-16(21-13)12-7-6-11(20-15(17,18)23)8-10(12)9-19-5/h6-8H,9,23H2,1-5H3. The van der Waals surface area contributed by atoms with Gasteiger partial charge in [0.15, 0.2) is 0 Å². The number of hydrogen-bond acceptors (Lipinski definition) is 4. The summed E-state index contributed by atoms with van der Waals surface area (Å²) in [5.41, 5.74) is 0.455. The van der Waals surface area contributed by atoms with Crippen LogP contribution in [0.1, 0.15) is 33.3 Å². The van der Waals surface area contributed by atoms with Gasteiger partial charge >= 0.3 is 13.0 Å². The Kier molecular flexibility index (Phi) is 5.08. The molecule has 8 heteroatoms. The highest BCUT2D eigenvalue weighted by Crippen LogP contribution is 2.37. The molecule has 1 aliphatic rings. The number of methoxy groups -OCH3 is 1. The maximum absolute atomic E-state index is 13.0. The van der Waals surface area contributed by atoms with Gasteiger partial charge in [0, 0.05) is 7.11 Å². The molecule has 0 amide bonds. The Morgan fingerprint density at radius 3 is 2.22 bits per heavy atom. The molecule has 2 rings (SSSR count). The molecule has 0 saturated carbocycles. The third-order valence-corrected chi connectivity index (χ3v) is 4.29. The van der Waals surface area contributed by atoms with Crippen LogP contribution in [0.3, 0.4) is 0 Å². The van der Waals surface area contributed by atoms with Crippen molar-refractivity contribution in [2.75, 3.05) is 7.11 Å². The Morgan fingerprint density at radius 2 is 1.74 bits per heavy atom. The smallest absolute Gasteiger partial charge is 0.430 e. The molecule has 1 saturated heterocycles. The van der Waals surface area contributed by atoms with Crippen LogP contribution in [0.4, 0.5) is 8.78 Å². The number of benzene rings is 1. The predicted octanol–water partition coefficient (Wildman–Crippen LogP) is 2.94. The fraction of sp³-hybridized carbons (Fsp3) is 0.600. The van der Waals surface area contributed by atoms with Crippen molar-refractivity contribution in [2.24, 2.45) is 0 Å². The summed E-state index contributed by atoms with van der Waals surface area (Å²) >= 11 is 0. The van der Waals surface area contributed by atoms with Crippen LogP contribution in [0.15, 0.2) is 18.2 Å². The lowest BCUT2D eigenvalue weighted by atomic mass is 9.76. The third kappa shape index (κ3) is 4.21. The fourth-order valence-electron chi connectivity index (χ4n) is 2.28. The number of halogens is 2. The van der Waals surface area contributed by atoms with Gasteiger partial charge in [-0.25, -0.2) is 0 Å². The maximum atomic E-state index is 13.0. The highest BCUT2D eigenvalue weighted by atomic mass is 31.0. The lowest BCUT2D eigenvalue weighted by molar-refractivity contribution is -0.0892. The van der Waals surface area contributed by atoms with Crippen LogP contribution < -0.4 is 10.2 Å². The molecule has 4 nitrogen and oxygen atoms in total. The summed E-state index contributed by atoms with van der Waals surface area (Å²) in [4.78, 5) is 0. The minimum Gasteiger partial charge on any atom is -0.430 e. The molecule has 0 spiro atoms. The van der Waals surface area contributed by atoms with E-state index in [-0.39, 0.29) is 12.4 Å². The molecule has 128 valence electrons. The van der Waals surface area contributed by atoms with Crippen LogP contribution in [0.25, 0.3) is 0 Å². The van der Waals surface area contributed by atoms with Crippen LogP contribution >= 0.6 is 9.24 Å². The van der Waals surface area contributed by atoms with E-state index >= 15 is 0 Å². The summed E-state index contributed by atoms with van der Waals surface area (Å²) in [7, 11) is 2.29. The molecule has 1 fully saturated rings. The van der Waals surface area contributed by atoms with E-state index in [1.165, 1.54) is 28.5 Å². The van der Waals surface area contributed by atoms with Gasteiger partial charge in [0.25, 0.3) is 0 Å². The molecule has 1 aliphatic heterocycles. The zero-order valence-corrected chi connectivity index (χ0v) is 15.1. The Bertz CT molecular complexity index is 559. The fourth-order valence-corrected chi connectivity index (χ4v) is 2.42.